The van der Waals surface area contributed by atoms with Gasteiger partial charge in [-0.2, -0.15) is 0 Å². The first-order valence-electron chi connectivity index (χ1n) is 13.8. The molecule has 5 rings (SSSR count). The molecule has 0 aromatic heterocycles. The maximum atomic E-state index is 6.04. The van der Waals surface area contributed by atoms with Gasteiger partial charge in [-0.05, 0) is 68.1 Å². The first-order chi connectivity index (χ1) is 18.3. The maximum Gasteiger partial charge on any atom is 0.0563 e. The van der Waals surface area contributed by atoms with E-state index >= 15 is 0 Å². The van der Waals surface area contributed by atoms with Crippen molar-refractivity contribution in [3.05, 3.63) is 144 Å². The Labute approximate surface area is 222 Å². The molecule has 0 radical (unpaired) electrons. The third-order valence-corrected chi connectivity index (χ3v) is 8.38. The molecule has 1 aliphatic heterocycles. The Bertz CT molecular complexity index is 1100. The minimum absolute atomic E-state index is 0.114. The molecule has 0 atom stereocenters. The summed E-state index contributed by atoms with van der Waals surface area (Å²) in [5.74, 6) is 0. The number of hydrogen-bond donors (Lipinski definition) is 0. The van der Waals surface area contributed by atoms with Gasteiger partial charge in [0.1, 0.15) is 0 Å². The lowest BCUT2D eigenvalue weighted by Crippen LogP contribution is -2.46. The van der Waals surface area contributed by atoms with Gasteiger partial charge >= 0.3 is 0 Å². The van der Waals surface area contributed by atoms with Crippen molar-refractivity contribution in [1.29, 1.82) is 0 Å². The van der Waals surface area contributed by atoms with Crippen molar-refractivity contribution < 1.29 is 4.74 Å². The van der Waals surface area contributed by atoms with E-state index in [0.29, 0.717) is 0 Å². The minimum atomic E-state index is -0.191. The average Bonchev–Trinajstić information content (AvgIpc) is 2.99. The molecule has 37 heavy (non-hydrogen) atoms. The van der Waals surface area contributed by atoms with Crippen LogP contribution in [0.1, 0.15) is 48.4 Å². The van der Waals surface area contributed by atoms with Crippen LogP contribution in [0.2, 0.25) is 0 Å². The molecule has 0 amide bonds. The highest BCUT2D eigenvalue weighted by Gasteiger charge is 2.39. The van der Waals surface area contributed by atoms with Crippen LogP contribution in [0.4, 0.5) is 0 Å². The van der Waals surface area contributed by atoms with E-state index in [-0.39, 0.29) is 10.8 Å². The summed E-state index contributed by atoms with van der Waals surface area (Å²) in [6.45, 7) is 6.92. The van der Waals surface area contributed by atoms with E-state index in [4.69, 9.17) is 4.74 Å². The third kappa shape index (κ3) is 5.42. The number of nitrogens with zero attached hydrogens (tertiary/aromatic N) is 1. The molecule has 0 N–H and O–H groups in total. The highest BCUT2D eigenvalue weighted by molar-refractivity contribution is 5.50. The lowest BCUT2D eigenvalue weighted by molar-refractivity contribution is 0.0496. The first kappa shape index (κ1) is 25.4. The summed E-state index contributed by atoms with van der Waals surface area (Å²) in [7, 11) is 0. The van der Waals surface area contributed by atoms with Crippen LogP contribution in [-0.4, -0.2) is 37.7 Å². The lowest BCUT2D eigenvalue weighted by atomic mass is 9.67. The zero-order valence-corrected chi connectivity index (χ0v) is 22.1. The Morgan fingerprint density at radius 1 is 0.649 bits per heavy atom. The van der Waals surface area contributed by atoms with Crippen LogP contribution < -0.4 is 0 Å². The highest BCUT2D eigenvalue weighted by Crippen LogP contribution is 2.43. The standard InChI is InChI=1S/C35H39NO/c1-2-37-29-34(30-15-7-3-8-16-30)23-26-36(27-24-34)28-25-35(31-17-9-4-10-18-31,32-19-11-5-12-20-32)33-21-13-6-14-22-33/h3-22H,2,23-29H2,1H3. The van der Waals surface area contributed by atoms with Crippen molar-refractivity contribution in [2.45, 2.75) is 37.0 Å². The molecule has 1 heterocycles. The molecule has 0 unspecified atom stereocenters. The van der Waals surface area contributed by atoms with Crippen molar-refractivity contribution in [1.82, 2.24) is 4.90 Å². The highest BCUT2D eigenvalue weighted by atomic mass is 16.5. The van der Waals surface area contributed by atoms with Crippen molar-refractivity contribution >= 4 is 0 Å². The summed E-state index contributed by atoms with van der Waals surface area (Å²) < 4.78 is 6.04. The molecule has 1 aliphatic rings. The van der Waals surface area contributed by atoms with Gasteiger partial charge in [0.25, 0.3) is 0 Å². The van der Waals surface area contributed by atoms with Gasteiger partial charge in [-0.15, -0.1) is 0 Å². The monoisotopic (exact) mass is 489 g/mol. The number of benzene rings is 4. The zero-order valence-electron chi connectivity index (χ0n) is 22.1. The summed E-state index contributed by atoms with van der Waals surface area (Å²) >= 11 is 0. The molecule has 0 saturated carbocycles. The third-order valence-electron chi connectivity index (χ3n) is 8.38. The van der Waals surface area contributed by atoms with Crippen LogP contribution in [0, 0.1) is 0 Å². The topological polar surface area (TPSA) is 12.5 Å². The Hall–Kier alpha value is -3.20. The molecule has 190 valence electrons. The second-order valence-corrected chi connectivity index (χ2v) is 10.4. The predicted molar refractivity (Wildman–Crippen MR) is 154 cm³/mol. The number of ether oxygens (including phenoxy) is 1. The van der Waals surface area contributed by atoms with Gasteiger partial charge in [0.05, 0.1) is 6.61 Å². The average molecular weight is 490 g/mol. The molecule has 1 fully saturated rings. The smallest absolute Gasteiger partial charge is 0.0563 e. The van der Waals surface area contributed by atoms with E-state index in [9.17, 15) is 0 Å². The second-order valence-electron chi connectivity index (χ2n) is 10.4. The quantitative estimate of drug-likeness (QED) is 0.214. The van der Waals surface area contributed by atoms with Gasteiger partial charge in [-0.3, -0.25) is 0 Å². The van der Waals surface area contributed by atoms with Gasteiger partial charge in [-0.1, -0.05) is 121 Å². The van der Waals surface area contributed by atoms with Gasteiger partial charge in [0.15, 0.2) is 0 Å². The number of rotatable bonds is 10. The Balaban J connectivity index is 1.42. The molecular weight excluding hydrogens is 450 g/mol. The van der Waals surface area contributed by atoms with Gasteiger partial charge in [-0.25, -0.2) is 0 Å². The van der Waals surface area contributed by atoms with Crippen molar-refractivity contribution in [3.63, 3.8) is 0 Å². The zero-order chi connectivity index (χ0) is 25.4. The van der Waals surface area contributed by atoms with Crippen molar-refractivity contribution in [2.24, 2.45) is 0 Å². The van der Waals surface area contributed by atoms with E-state index in [1.54, 1.807) is 0 Å². The molecule has 0 bridgehead atoms. The summed E-state index contributed by atoms with van der Waals surface area (Å²) in [6, 6.07) is 44.3. The van der Waals surface area contributed by atoms with E-state index in [0.717, 1.165) is 52.1 Å². The molecule has 0 spiro atoms. The SMILES string of the molecule is CCOCC1(c2ccccc2)CCN(CCC(c2ccccc2)(c2ccccc2)c2ccccc2)CC1. The van der Waals surface area contributed by atoms with E-state index in [1.807, 2.05) is 0 Å². The maximum absolute atomic E-state index is 6.04. The van der Waals surface area contributed by atoms with E-state index < -0.39 is 0 Å². The molecule has 1 saturated heterocycles. The fraction of sp³-hybridized carbons (Fsp3) is 0.314. The molecule has 2 heteroatoms. The number of likely N-dealkylation sites (tertiary alicyclic amines) is 1. The Morgan fingerprint density at radius 2 is 1.08 bits per heavy atom. The number of piperidine rings is 1. The summed E-state index contributed by atoms with van der Waals surface area (Å²) in [4.78, 5) is 2.68. The predicted octanol–water partition coefficient (Wildman–Crippen LogP) is 7.48. The van der Waals surface area contributed by atoms with Gasteiger partial charge < -0.3 is 9.64 Å². The summed E-state index contributed by atoms with van der Waals surface area (Å²) in [5, 5.41) is 0. The molecule has 4 aromatic rings. The molecule has 4 aromatic carbocycles. The van der Waals surface area contributed by atoms with Crippen LogP contribution in [0.5, 0.6) is 0 Å². The van der Waals surface area contributed by atoms with Crippen LogP contribution in [-0.2, 0) is 15.6 Å². The normalized spacial score (nSPS) is 15.9. The second kappa shape index (κ2) is 11.9. The molecular formula is C35H39NO. The van der Waals surface area contributed by atoms with E-state index in [1.165, 1.54) is 22.3 Å². The molecule has 0 aliphatic carbocycles. The number of hydrogen-bond acceptors (Lipinski definition) is 2. The fourth-order valence-corrected chi connectivity index (χ4v) is 6.24. The fourth-order valence-electron chi connectivity index (χ4n) is 6.24. The minimum Gasteiger partial charge on any atom is -0.381 e. The van der Waals surface area contributed by atoms with Crippen molar-refractivity contribution in [3.8, 4) is 0 Å². The van der Waals surface area contributed by atoms with Crippen molar-refractivity contribution in [2.75, 3.05) is 32.8 Å². The Kier molecular flexibility index (Phi) is 8.18. The van der Waals surface area contributed by atoms with Crippen LogP contribution >= 0.6 is 0 Å². The van der Waals surface area contributed by atoms with E-state index in [2.05, 4.69) is 133 Å². The summed E-state index contributed by atoms with van der Waals surface area (Å²) in [6.07, 6.45) is 3.30. The summed E-state index contributed by atoms with van der Waals surface area (Å²) in [5.41, 5.74) is 5.43. The van der Waals surface area contributed by atoms with Crippen LogP contribution in [0.25, 0.3) is 0 Å². The van der Waals surface area contributed by atoms with Gasteiger partial charge in [0.2, 0.25) is 0 Å². The van der Waals surface area contributed by atoms with Gasteiger partial charge in [0, 0.05) is 17.4 Å². The largest absolute Gasteiger partial charge is 0.381 e. The first-order valence-corrected chi connectivity index (χ1v) is 13.8. The van der Waals surface area contributed by atoms with Crippen LogP contribution in [0.3, 0.4) is 0 Å². The molecule has 2 nitrogen and oxygen atoms in total. The lowest BCUT2D eigenvalue weighted by Gasteiger charge is -2.44. The Morgan fingerprint density at radius 3 is 1.51 bits per heavy atom. The van der Waals surface area contributed by atoms with Crippen LogP contribution in [0.15, 0.2) is 121 Å².